The van der Waals surface area contributed by atoms with Crippen LogP contribution in [0.3, 0.4) is 0 Å². The molecule has 0 aromatic heterocycles. The molecule has 16 nitrogen and oxygen atoms in total. The Morgan fingerprint density at radius 3 is 2.22 bits per heavy atom. The molecule has 17 heteroatoms. The predicted molar refractivity (Wildman–Crippen MR) is 245 cm³/mol. The third-order valence-corrected chi connectivity index (χ3v) is 13.2. The molecular formula is C48H74N5O11P. The van der Waals surface area contributed by atoms with Crippen LogP contribution in [0.15, 0.2) is 30.3 Å². The van der Waals surface area contributed by atoms with Crippen LogP contribution >= 0.6 is 8.69 Å². The van der Waals surface area contributed by atoms with E-state index in [9.17, 15) is 48.0 Å². The molecule has 2 aliphatic rings. The van der Waals surface area contributed by atoms with Crippen LogP contribution in [0, 0.1) is 23.7 Å². The van der Waals surface area contributed by atoms with Crippen molar-refractivity contribution in [1.82, 2.24) is 20.9 Å². The number of aliphatic hydroxyl groups is 1. The van der Waals surface area contributed by atoms with Crippen LogP contribution in [-0.2, 0) is 53.9 Å². The van der Waals surface area contributed by atoms with Crippen LogP contribution in [0.4, 0.5) is 0 Å². The number of carbonyl (C=O) groups is 8. The number of primary amides is 1. The van der Waals surface area contributed by atoms with Gasteiger partial charge in [0.15, 0.2) is 11.6 Å². The lowest BCUT2D eigenvalue weighted by Crippen LogP contribution is -2.52. The van der Waals surface area contributed by atoms with Crippen molar-refractivity contribution in [2.75, 3.05) is 13.2 Å². The van der Waals surface area contributed by atoms with Crippen molar-refractivity contribution >= 4 is 55.6 Å². The lowest BCUT2D eigenvalue weighted by molar-refractivity contribution is -0.139. The smallest absolute Gasteiger partial charge is 0.327 e. The number of aryl methyl sites for hydroxylation is 1. The Morgan fingerprint density at radius 2 is 1.57 bits per heavy atom. The van der Waals surface area contributed by atoms with Gasteiger partial charge in [0.2, 0.25) is 29.5 Å². The fraction of sp³-hybridized carbons (Fsp3) is 0.708. The molecule has 2 aliphatic heterocycles. The Labute approximate surface area is 386 Å². The van der Waals surface area contributed by atoms with Gasteiger partial charge >= 0.3 is 8.69 Å². The first-order valence-corrected chi connectivity index (χ1v) is 24.5. The highest BCUT2D eigenvalue weighted by Crippen LogP contribution is 2.28. The number of unbranched alkanes of at least 4 members (excludes halogenated alkanes) is 5. The molecule has 0 spiro atoms. The van der Waals surface area contributed by atoms with Gasteiger partial charge in [-0.2, -0.15) is 0 Å². The van der Waals surface area contributed by atoms with Crippen molar-refractivity contribution in [3.63, 3.8) is 0 Å². The van der Waals surface area contributed by atoms with Gasteiger partial charge in [-0.05, 0) is 76.2 Å². The molecule has 8 atom stereocenters. The topological polar surface area (TPSA) is 248 Å². The second-order valence-electron chi connectivity index (χ2n) is 18.4. The number of aliphatic hydroxyl groups excluding tert-OH is 1. The third kappa shape index (κ3) is 19.2. The first-order valence-electron chi connectivity index (χ1n) is 23.7. The fourth-order valence-electron chi connectivity index (χ4n) is 9.00. The van der Waals surface area contributed by atoms with Crippen molar-refractivity contribution in [2.24, 2.45) is 29.4 Å². The molecule has 5 amide bonds. The summed E-state index contributed by atoms with van der Waals surface area (Å²) in [6.45, 7) is 6.16. The molecule has 0 radical (unpaired) electrons. The summed E-state index contributed by atoms with van der Waals surface area (Å²) in [4.78, 5) is 110. The molecule has 0 aliphatic carbocycles. The number of Topliss-reactive ketones (excluding diaryl/α,β-unsaturated/α-hetero) is 3. The number of nitrogens with one attached hydrogen (secondary N) is 3. The molecule has 6 N–H and O–H groups in total. The van der Waals surface area contributed by atoms with Crippen LogP contribution in [0.25, 0.3) is 0 Å². The normalized spacial score (nSPS) is 24.1. The fourth-order valence-corrected chi connectivity index (χ4v) is 9.29. The number of ketones is 3. The molecule has 362 valence electrons. The van der Waals surface area contributed by atoms with Crippen LogP contribution in [0.5, 0.6) is 0 Å². The highest BCUT2D eigenvalue weighted by atomic mass is 31.1. The molecule has 1 aromatic rings. The summed E-state index contributed by atoms with van der Waals surface area (Å²) < 4.78 is 16.5. The van der Waals surface area contributed by atoms with Gasteiger partial charge in [0, 0.05) is 44.6 Å². The minimum atomic E-state index is -1.54. The summed E-state index contributed by atoms with van der Waals surface area (Å²) in [7, 11) is -0.763. The number of nitrogens with two attached hydrogens (primary N) is 1. The van der Waals surface area contributed by atoms with Gasteiger partial charge in [-0.15, -0.1) is 0 Å². The molecule has 2 fully saturated rings. The van der Waals surface area contributed by atoms with Gasteiger partial charge in [0.05, 0.1) is 24.7 Å². The van der Waals surface area contributed by atoms with E-state index in [4.69, 9.17) is 10.3 Å². The van der Waals surface area contributed by atoms with Gasteiger partial charge in [-0.1, -0.05) is 89.1 Å². The number of nitrogens with zero attached hydrogens (tertiary/aromatic N) is 1. The first kappa shape index (κ1) is 54.9. The molecule has 0 bridgehead atoms. The van der Waals surface area contributed by atoms with Crippen molar-refractivity contribution in [2.45, 2.75) is 180 Å². The highest BCUT2D eigenvalue weighted by molar-refractivity contribution is 7.17. The molecule has 0 saturated carbocycles. The zero-order valence-electron chi connectivity index (χ0n) is 38.9. The van der Waals surface area contributed by atoms with E-state index in [0.29, 0.717) is 51.5 Å². The number of hydrogen-bond donors (Lipinski definition) is 5. The standard InChI is InChI=1S/C48H74N5O11P/c1-31(2)26-39(51-48(62)41-23-17-25-53(41)33(4)55)43(57)28-36-27-35(21-14-8-6-5-7-11-18-34-19-12-9-13-20-34)42(56)24-16-10-15-22-38(45(49)59)50-47(61)37(32(3)64-65-63)29-44(58)40(30-54)52-46(36)60/h9,12-13,19-20,31-32,35-41,54H,5-8,10-11,14-18,21-30H2,1-4H3,(H2,49,59)(H,50,61)(H,51,62)(H,52,60)/t32-,35+,36-,37+,38+,39+,40+,41+/m1/s1. The van der Waals surface area contributed by atoms with Crippen LogP contribution in [-0.4, -0.2) is 100 Å². The average Bonchev–Trinajstić information content (AvgIpc) is 3.77. The maximum Gasteiger partial charge on any atom is 0.327 e. The zero-order valence-corrected chi connectivity index (χ0v) is 39.8. The van der Waals surface area contributed by atoms with E-state index in [-0.39, 0.29) is 49.7 Å². The maximum atomic E-state index is 14.4. The van der Waals surface area contributed by atoms with E-state index in [1.165, 1.54) is 24.3 Å². The molecule has 2 heterocycles. The van der Waals surface area contributed by atoms with E-state index < -0.39 is 105 Å². The quantitative estimate of drug-likeness (QED) is 0.0787. The summed E-state index contributed by atoms with van der Waals surface area (Å²) >= 11 is 0. The number of amides is 5. The van der Waals surface area contributed by atoms with Crippen LogP contribution in [0.2, 0.25) is 0 Å². The largest absolute Gasteiger partial charge is 0.394 e. The SMILES string of the molecule is CC(=O)N1CCC[C@H]1C(=O)N[C@@H](CC(C)C)C(=O)C[C@H]1C[C@H](CCCCCCCCc2ccccc2)C(=O)CCCCC[C@@H](C(N)=O)NC(=O)[C@H]([C@@H](C)OP=O)CC(=O)[C@H](CO)NC1=O. The molecule has 0 unspecified atom stereocenters. The average molecular weight is 928 g/mol. The maximum absolute atomic E-state index is 14.4. The highest BCUT2D eigenvalue weighted by Gasteiger charge is 2.38. The molecule has 65 heavy (non-hydrogen) atoms. The lowest BCUT2D eigenvalue weighted by atomic mass is 9.81. The minimum Gasteiger partial charge on any atom is -0.394 e. The van der Waals surface area contributed by atoms with Crippen LogP contribution in [0.1, 0.15) is 149 Å². The molecule has 1 aromatic carbocycles. The van der Waals surface area contributed by atoms with Crippen LogP contribution < -0.4 is 21.7 Å². The number of benzene rings is 1. The Kier molecular flexibility index (Phi) is 24.7. The minimum absolute atomic E-state index is 0.0227. The van der Waals surface area contributed by atoms with E-state index in [0.717, 1.165) is 38.5 Å². The summed E-state index contributed by atoms with van der Waals surface area (Å²) in [5.41, 5.74) is 6.94. The molecule has 3 rings (SSSR count). The van der Waals surface area contributed by atoms with Gasteiger partial charge in [-0.3, -0.25) is 42.9 Å². The van der Waals surface area contributed by atoms with E-state index in [1.54, 1.807) is 0 Å². The summed E-state index contributed by atoms with van der Waals surface area (Å²) in [5, 5.41) is 18.5. The molecular weight excluding hydrogens is 854 g/mol. The van der Waals surface area contributed by atoms with Crippen molar-refractivity contribution in [1.29, 1.82) is 0 Å². The van der Waals surface area contributed by atoms with E-state index in [2.05, 4.69) is 28.1 Å². The first-order chi connectivity index (χ1) is 31.1. The number of hydrogen-bond acceptors (Lipinski definition) is 11. The number of rotatable bonds is 21. The van der Waals surface area contributed by atoms with E-state index >= 15 is 0 Å². The van der Waals surface area contributed by atoms with Gasteiger partial charge in [0.25, 0.3) is 0 Å². The van der Waals surface area contributed by atoms with Gasteiger partial charge in [-0.25, -0.2) is 4.57 Å². The Balaban J connectivity index is 1.92. The Hall–Kier alpha value is -4.40. The lowest BCUT2D eigenvalue weighted by Gasteiger charge is -2.29. The van der Waals surface area contributed by atoms with Crippen molar-refractivity contribution in [3.8, 4) is 0 Å². The van der Waals surface area contributed by atoms with Crippen molar-refractivity contribution < 1.29 is 52.6 Å². The Bertz CT molecular complexity index is 1750. The summed E-state index contributed by atoms with van der Waals surface area (Å²) in [6.07, 6.45) is 8.19. The van der Waals surface area contributed by atoms with Gasteiger partial charge in [0.1, 0.15) is 23.9 Å². The summed E-state index contributed by atoms with van der Waals surface area (Å²) in [5.74, 6) is -7.43. The third-order valence-electron chi connectivity index (χ3n) is 12.8. The summed E-state index contributed by atoms with van der Waals surface area (Å²) in [6, 6.07) is 5.95. The van der Waals surface area contributed by atoms with Gasteiger partial charge < -0.3 is 31.7 Å². The molecule has 2 saturated heterocycles. The number of carbonyl (C=O) groups excluding carboxylic acids is 8. The van der Waals surface area contributed by atoms with E-state index in [1.807, 2.05) is 32.0 Å². The second-order valence-corrected chi connectivity index (χ2v) is 18.8. The monoisotopic (exact) mass is 928 g/mol. The zero-order chi connectivity index (χ0) is 47.9. The van der Waals surface area contributed by atoms with Crippen molar-refractivity contribution in [3.05, 3.63) is 35.9 Å². The number of likely N-dealkylation sites (tertiary alicyclic amines) is 1. The Morgan fingerprint density at radius 1 is 0.877 bits per heavy atom. The predicted octanol–water partition coefficient (Wildman–Crippen LogP) is 5.25. The second kappa shape index (κ2) is 29.3.